The number of amides is 2. The quantitative estimate of drug-likeness (QED) is 0.594. The van der Waals surface area contributed by atoms with Crippen LogP contribution in [0.1, 0.15) is 19.8 Å². The molecule has 1 fully saturated rings. The standard InChI is InChI=1S/C11H18N2O6/c1-7(8(14)18-2)12-10(17)13-11(9(15)16)3-5-19-6-4-11/h7H,3-6H2,1-2H3,(H,15,16)(H2,12,13,17). The minimum absolute atomic E-state index is 0.183. The Balaban J connectivity index is 2.62. The number of carboxylic acids is 1. The van der Waals surface area contributed by atoms with Crippen molar-refractivity contribution in [3.63, 3.8) is 0 Å². The molecule has 0 aromatic heterocycles. The second kappa shape index (κ2) is 6.37. The molecule has 2 amide bonds. The smallest absolute Gasteiger partial charge is 0.329 e. The van der Waals surface area contributed by atoms with Gasteiger partial charge >= 0.3 is 18.0 Å². The Labute approximate surface area is 110 Å². The average Bonchev–Trinajstić information content (AvgIpc) is 2.38. The molecule has 8 nitrogen and oxygen atoms in total. The normalized spacial score (nSPS) is 19.1. The average molecular weight is 274 g/mol. The zero-order valence-electron chi connectivity index (χ0n) is 10.9. The van der Waals surface area contributed by atoms with E-state index in [0.717, 1.165) is 0 Å². The summed E-state index contributed by atoms with van der Waals surface area (Å²) in [5.41, 5.74) is -1.35. The van der Waals surface area contributed by atoms with Crippen LogP contribution in [0, 0.1) is 0 Å². The van der Waals surface area contributed by atoms with Gasteiger partial charge in [-0.15, -0.1) is 0 Å². The van der Waals surface area contributed by atoms with Gasteiger partial charge in [-0.25, -0.2) is 14.4 Å². The number of urea groups is 1. The van der Waals surface area contributed by atoms with E-state index in [1.165, 1.54) is 14.0 Å². The number of esters is 1. The molecule has 19 heavy (non-hydrogen) atoms. The number of methoxy groups -OCH3 is 1. The van der Waals surface area contributed by atoms with E-state index >= 15 is 0 Å². The largest absolute Gasteiger partial charge is 0.480 e. The third-order valence-electron chi connectivity index (χ3n) is 3.01. The van der Waals surface area contributed by atoms with E-state index in [1.807, 2.05) is 0 Å². The number of carboxylic acid groups (broad SMARTS) is 1. The summed E-state index contributed by atoms with van der Waals surface area (Å²) in [6, 6.07) is -1.57. The van der Waals surface area contributed by atoms with Gasteiger partial charge in [0.2, 0.25) is 0 Å². The predicted octanol–water partition coefficient (Wildman–Crippen LogP) is -0.519. The molecule has 3 N–H and O–H groups in total. The first-order chi connectivity index (χ1) is 8.91. The first-order valence-corrected chi connectivity index (χ1v) is 5.89. The van der Waals surface area contributed by atoms with Gasteiger partial charge in [0.15, 0.2) is 0 Å². The molecule has 1 saturated heterocycles. The zero-order chi connectivity index (χ0) is 14.5. The molecule has 0 aliphatic carbocycles. The molecule has 0 aromatic rings. The minimum Gasteiger partial charge on any atom is -0.480 e. The maximum atomic E-state index is 11.7. The van der Waals surface area contributed by atoms with Crippen molar-refractivity contribution in [3.05, 3.63) is 0 Å². The van der Waals surface area contributed by atoms with Crippen LogP contribution < -0.4 is 10.6 Å². The monoisotopic (exact) mass is 274 g/mol. The van der Waals surface area contributed by atoms with Crippen molar-refractivity contribution in [1.29, 1.82) is 0 Å². The Morgan fingerprint density at radius 2 is 1.89 bits per heavy atom. The van der Waals surface area contributed by atoms with Crippen molar-refractivity contribution in [3.8, 4) is 0 Å². The van der Waals surface area contributed by atoms with E-state index in [1.54, 1.807) is 0 Å². The van der Waals surface area contributed by atoms with Crippen LogP contribution in [-0.2, 0) is 19.1 Å². The number of ether oxygens (including phenoxy) is 2. The lowest BCUT2D eigenvalue weighted by molar-refractivity contribution is -0.148. The summed E-state index contributed by atoms with van der Waals surface area (Å²) in [7, 11) is 1.20. The molecule has 1 rings (SSSR count). The van der Waals surface area contributed by atoms with E-state index in [4.69, 9.17) is 4.74 Å². The van der Waals surface area contributed by atoms with Gasteiger partial charge in [0, 0.05) is 26.1 Å². The number of nitrogens with one attached hydrogen (secondary N) is 2. The number of aliphatic carboxylic acids is 1. The van der Waals surface area contributed by atoms with Crippen LogP contribution in [-0.4, -0.2) is 55.0 Å². The van der Waals surface area contributed by atoms with Gasteiger partial charge in [0.05, 0.1) is 7.11 Å². The summed E-state index contributed by atoms with van der Waals surface area (Å²) in [6.45, 7) is 1.97. The van der Waals surface area contributed by atoms with Crippen LogP contribution in [0.3, 0.4) is 0 Å². The first-order valence-electron chi connectivity index (χ1n) is 5.89. The van der Waals surface area contributed by atoms with Gasteiger partial charge in [0.25, 0.3) is 0 Å². The summed E-state index contributed by atoms with van der Waals surface area (Å²) < 4.78 is 9.54. The molecular formula is C11H18N2O6. The van der Waals surface area contributed by atoms with Crippen molar-refractivity contribution in [2.24, 2.45) is 0 Å². The Morgan fingerprint density at radius 3 is 2.37 bits per heavy atom. The molecule has 0 spiro atoms. The number of carbonyl (C=O) groups is 3. The fraction of sp³-hybridized carbons (Fsp3) is 0.727. The van der Waals surface area contributed by atoms with Gasteiger partial charge in [-0.05, 0) is 6.92 Å². The van der Waals surface area contributed by atoms with Crippen LogP contribution in [0.25, 0.3) is 0 Å². The lowest BCUT2D eigenvalue weighted by Gasteiger charge is -2.34. The van der Waals surface area contributed by atoms with Crippen molar-refractivity contribution in [1.82, 2.24) is 10.6 Å². The fourth-order valence-corrected chi connectivity index (χ4v) is 1.80. The molecule has 1 atom stereocenters. The maximum absolute atomic E-state index is 11.7. The Hall–Kier alpha value is -1.83. The Bertz CT molecular complexity index is 364. The number of rotatable bonds is 4. The molecule has 108 valence electrons. The Kier molecular flexibility index (Phi) is 5.11. The zero-order valence-corrected chi connectivity index (χ0v) is 10.9. The molecule has 0 bridgehead atoms. The molecule has 8 heteroatoms. The molecule has 1 heterocycles. The van der Waals surface area contributed by atoms with E-state index < -0.39 is 29.6 Å². The summed E-state index contributed by atoms with van der Waals surface area (Å²) in [5, 5.41) is 14.0. The minimum atomic E-state index is -1.35. The van der Waals surface area contributed by atoms with Crippen LogP contribution in [0.2, 0.25) is 0 Å². The molecule has 1 unspecified atom stereocenters. The highest BCUT2D eigenvalue weighted by atomic mass is 16.5. The molecule has 1 aliphatic heterocycles. The van der Waals surface area contributed by atoms with Crippen molar-refractivity contribution in [2.75, 3.05) is 20.3 Å². The molecule has 0 aromatic carbocycles. The highest BCUT2D eigenvalue weighted by Gasteiger charge is 2.41. The van der Waals surface area contributed by atoms with Gasteiger partial charge < -0.3 is 25.2 Å². The Morgan fingerprint density at radius 1 is 1.32 bits per heavy atom. The predicted molar refractivity (Wildman–Crippen MR) is 63.6 cm³/mol. The van der Waals surface area contributed by atoms with Gasteiger partial charge in [-0.2, -0.15) is 0 Å². The van der Waals surface area contributed by atoms with Crippen LogP contribution >= 0.6 is 0 Å². The number of hydrogen-bond acceptors (Lipinski definition) is 5. The third-order valence-corrected chi connectivity index (χ3v) is 3.01. The number of carbonyl (C=O) groups excluding carboxylic acids is 2. The van der Waals surface area contributed by atoms with Gasteiger partial charge in [-0.1, -0.05) is 0 Å². The van der Waals surface area contributed by atoms with Crippen LogP contribution in [0.4, 0.5) is 4.79 Å². The second-order valence-electron chi connectivity index (χ2n) is 4.34. The van der Waals surface area contributed by atoms with Crippen molar-refractivity contribution >= 4 is 18.0 Å². The lowest BCUT2D eigenvalue weighted by Crippen LogP contribution is -2.61. The summed E-state index contributed by atoms with van der Waals surface area (Å²) >= 11 is 0. The molecule has 1 aliphatic rings. The van der Waals surface area contributed by atoms with E-state index in [2.05, 4.69) is 15.4 Å². The molecular weight excluding hydrogens is 256 g/mol. The highest BCUT2D eigenvalue weighted by Crippen LogP contribution is 2.20. The first kappa shape index (κ1) is 15.2. The lowest BCUT2D eigenvalue weighted by atomic mass is 9.90. The topological polar surface area (TPSA) is 114 Å². The van der Waals surface area contributed by atoms with Crippen LogP contribution in [0.15, 0.2) is 0 Å². The van der Waals surface area contributed by atoms with E-state index in [9.17, 15) is 19.5 Å². The summed E-state index contributed by atoms with van der Waals surface area (Å²) in [6.07, 6.45) is 0.366. The van der Waals surface area contributed by atoms with Gasteiger partial charge in [-0.3, -0.25) is 0 Å². The molecule has 0 saturated carbocycles. The summed E-state index contributed by atoms with van der Waals surface area (Å²) in [5.74, 6) is -1.72. The highest BCUT2D eigenvalue weighted by molar-refractivity contribution is 5.88. The second-order valence-corrected chi connectivity index (χ2v) is 4.34. The van der Waals surface area contributed by atoms with Crippen molar-refractivity contribution < 1.29 is 29.0 Å². The fourth-order valence-electron chi connectivity index (χ4n) is 1.80. The van der Waals surface area contributed by atoms with Crippen molar-refractivity contribution in [2.45, 2.75) is 31.3 Å². The number of hydrogen-bond donors (Lipinski definition) is 3. The molecule has 0 radical (unpaired) electrons. The van der Waals surface area contributed by atoms with E-state index in [-0.39, 0.29) is 26.1 Å². The maximum Gasteiger partial charge on any atom is 0.329 e. The third kappa shape index (κ3) is 3.82. The summed E-state index contributed by atoms with van der Waals surface area (Å²) in [4.78, 5) is 34.2. The SMILES string of the molecule is COC(=O)C(C)NC(=O)NC1(C(=O)O)CCOCC1. The van der Waals surface area contributed by atoms with E-state index in [0.29, 0.717) is 0 Å². The van der Waals surface area contributed by atoms with Crippen LogP contribution in [0.5, 0.6) is 0 Å². The van der Waals surface area contributed by atoms with Gasteiger partial charge in [0.1, 0.15) is 11.6 Å².